The second kappa shape index (κ2) is 8.37. The summed E-state index contributed by atoms with van der Waals surface area (Å²) in [7, 11) is -3.68. The molecule has 142 valence electrons. The molecule has 1 aliphatic heterocycles. The van der Waals surface area contributed by atoms with Gasteiger partial charge in [0.05, 0.1) is 16.3 Å². The fourth-order valence-corrected chi connectivity index (χ4v) is 4.11. The fourth-order valence-electron chi connectivity index (χ4n) is 3.06. The zero-order valence-corrected chi connectivity index (χ0v) is 15.8. The Morgan fingerprint density at radius 1 is 1.11 bits per heavy atom. The highest BCUT2D eigenvalue weighted by Crippen LogP contribution is 2.29. The van der Waals surface area contributed by atoms with Gasteiger partial charge in [0, 0.05) is 25.2 Å². The van der Waals surface area contributed by atoms with Crippen molar-refractivity contribution in [2.75, 3.05) is 29.9 Å². The van der Waals surface area contributed by atoms with E-state index in [-0.39, 0.29) is 22.9 Å². The third kappa shape index (κ3) is 4.56. The monoisotopic (exact) mass is 385 g/mol. The SMILES string of the molecule is C=CCNS(=O)(=O)c1cccc(C(=O)Nc2ccccc2N2CCCC2)c1. The molecule has 1 saturated heterocycles. The number of nitrogens with zero attached hydrogens (tertiary/aromatic N) is 1. The summed E-state index contributed by atoms with van der Waals surface area (Å²) in [5.41, 5.74) is 2.00. The Kier molecular flexibility index (Phi) is 5.93. The zero-order valence-electron chi connectivity index (χ0n) is 15.0. The van der Waals surface area contributed by atoms with Gasteiger partial charge < -0.3 is 10.2 Å². The molecule has 1 fully saturated rings. The van der Waals surface area contributed by atoms with Crippen LogP contribution in [0.2, 0.25) is 0 Å². The molecular weight excluding hydrogens is 362 g/mol. The van der Waals surface area contributed by atoms with Crippen molar-refractivity contribution in [1.82, 2.24) is 4.72 Å². The second-order valence-corrected chi connectivity index (χ2v) is 8.10. The first kappa shape index (κ1) is 19.1. The van der Waals surface area contributed by atoms with Crippen molar-refractivity contribution in [3.8, 4) is 0 Å². The largest absolute Gasteiger partial charge is 0.370 e. The molecule has 27 heavy (non-hydrogen) atoms. The van der Waals surface area contributed by atoms with Crippen LogP contribution in [0.4, 0.5) is 11.4 Å². The molecule has 0 unspecified atom stereocenters. The Labute approximate surface area is 159 Å². The Morgan fingerprint density at radius 3 is 2.59 bits per heavy atom. The lowest BCUT2D eigenvalue weighted by Gasteiger charge is -2.21. The van der Waals surface area contributed by atoms with Crippen LogP contribution in [0.3, 0.4) is 0 Å². The van der Waals surface area contributed by atoms with E-state index in [1.807, 2.05) is 24.3 Å². The van der Waals surface area contributed by atoms with Crippen molar-refractivity contribution in [1.29, 1.82) is 0 Å². The van der Waals surface area contributed by atoms with Crippen LogP contribution in [-0.2, 0) is 10.0 Å². The van der Waals surface area contributed by atoms with Gasteiger partial charge in [-0.15, -0.1) is 6.58 Å². The molecule has 1 amide bonds. The lowest BCUT2D eigenvalue weighted by Crippen LogP contribution is -2.24. The van der Waals surface area contributed by atoms with Gasteiger partial charge in [0.2, 0.25) is 10.0 Å². The first-order chi connectivity index (χ1) is 13.0. The number of carbonyl (C=O) groups is 1. The molecule has 1 heterocycles. The molecule has 1 aliphatic rings. The Hall–Kier alpha value is -2.64. The number of hydrogen-bond donors (Lipinski definition) is 2. The first-order valence-corrected chi connectivity index (χ1v) is 10.4. The number of carbonyl (C=O) groups excluding carboxylic acids is 1. The van der Waals surface area contributed by atoms with Crippen LogP contribution in [0, 0.1) is 0 Å². The predicted octanol–water partition coefficient (Wildman–Crippen LogP) is 3.00. The lowest BCUT2D eigenvalue weighted by molar-refractivity contribution is 0.102. The summed E-state index contributed by atoms with van der Waals surface area (Å²) in [4.78, 5) is 15.0. The van der Waals surface area contributed by atoms with E-state index in [2.05, 4.69) is 21.5 Å². The summed E-state index contributed by atoms with van der Waals surface area (Å²) in [5.74, 6) is -0.345. The van der Waals surface area contributed by atoms with Crippen LogP contribution < -0.4 is 14.9 Å². The van der Waals surface area contributed by atoms with Crippen LogP contribution in [0.1, 0.15) is 23.2 Å². The van der Waals surface area contributed by atoms with E-state index >= 15 is 0 Å². The van der Waals surface area contributed by atoms with Gasteiger partial charge in [-0.1, -0.05) is 24.3 Å². The van der Waals surface area contributed by atoms with E-state index in [9.17, 15) is 13.2 Å². The maximum absolute atomic E-state index is 12.7. The number of nitrogens with one attached hydrogen (secondary N) is 2. The molecule has 0 bridgehead atoms. The van der Waals surface area contributed by atoms with Crippen molar-refractivity contribution in [2.45, 2.75) is 17.7 Å². The number of rotatable bonds is 7. The van der Waals surface area contributed by atoms with Gasteiger partial charge in [0.25, 0.3) is 5.91 Å². The third-order valence-corrected chi connectivity index (χ3v) is 5.84. The summed E-state index contributed by atoms with van der Waals surface area (Å²) >= 11 is 0. The molecule has 2 N–H and O–H groups in total. The van der Waals surface area contributed by atoms with E-state index < -0.39 is 10.0 Å². The summed E-state index contributed by atoms with van der Waals surface area (Å²) in [6.45, 7) is 5.56. The third-order valence-electron chi connectivity index (χ3n) is 4.42. The van der Waals surface area contributed by atoms with Crippen LogP contribution in [0.15, 0.2) is 66.1 Å². The Balaban J connectivity index is 1.82. The van der Waals surface area contributed by atoms with Crippen molar-refractivity contribution < 1.29 is 13.2 Å². The van der Waals surface area contributed by atoms with E-state index in [1.54, 1.807) is 12.1 Å². The van der Waals surface area contributed by atoms with E-state index in [4.69, 9.17) is 0 Å². The number of para-hydroxylation sites is 2. The molecule has 0 aliphatic carbocycles. The molecule has 6 nitrogen and oxygen atoms in total. The molecule has 2 aromatic carbocycles. The number of anilines is 2. The highest BCUT2D eigenvalue weighted by Gasteiger charge is 2.18. The average Bonchev–Trinajstić information content (AvgIpc) is 3.21. The van der Waals surface area contributed by atoms with Gasteiger partial charge in [-0.25, -0.2) is 13.1 Å². The van der Waals surface area contributed by atoms with E-state index in [1.165, 1.54) is 18.2 Å². The maximum Gasteiger partial charge on any atom is 0.255 e. The summed E-state index contributed by atoms with van der Waals surface area (Å²) in [6, 6.07) is 13.7. The van der Waals surface area contributed by atoms with Gasteiger partial charge in [0.1, 0.15) is 0 Å². The lowest BCUT2D eigenvalue weighted by atomic mass is 10.2. The maximum atomic E-state index is 12.7. The van der Waals surface area contributed by atoms with Gasteiger partial charge in [0.15, 0.2) is 0 Å². The van der Waals surface area contributed by atoms with E-state index in [0.29, 0.717) is 0 Å². The number of sulfonamides is 1. The van der Waals surface area contributed by atoms with Gasteiger partial charge >= 0.3 is 0 Å². The van der Waals surface area contributed by atoms with Gasteiger partial charge in [-0.2, -0.15) is 0 Å². The minimum absolute atomic E-state index is 0.0461. The summed E-state index contributed by atoms with van der Waals surface area (Å²) in [5, 5.41) is 2.91. The van der Waals surface area contributed by atoms with E-state index in [0.717, 1.165) is 37.3 Å². The molecule has 2 aromatic rings. The van der Waals surface area contributed by atoms with Gasteiger partial charge in [-0.3, -0.25) is 4.79 Å². The summed E-state index contributed by atoms with van der Waals surface area (Å²) < 4.78 is 26.9. The van der Waals surface area contributed by atoms with Gasteiger partial charge in [-0.05, 0) is 43.2 Å². The minimum atomic E-state index is -3.68. The molecule has 0 aromatic heterocycles. The molecule has 0 radical (unpaired) electrons. The smallest absolute Gasteiger partial charge is 0.255 e. The quantitative estimate of drug-likeness (QED) is 0.718. The van der Waals surface area contributed by atoms with Crippen molar-refractivity contribution >= 4 is 27.3 Å². The average molecular weight is 385 g/mol. The van der Waals surface area contributed by atoms with Crippen molar-refractivity contribution in [2.24, 2.45) is 0 Å². The Morgan fingerprint density at radius 2 is 1.85 bits per heavy atom. The highest BCUT2D eigenvalue weighted by atomic mass is 32.2. The molecular formula is C20H23N3O3S. The fraction of sp³-hybridized carbons (Fsp3) is 0.250. The summed E-state index contributed by atoms with van der Waals surface area (Å²) in [6.07, 6.45) is 3.74. The predicted molar refractivity (Wildman–Crippen MR) is 108 cm³/mol. The molecule has 0 atom stereocenters. The number of benzene rings is 2. The standard InChI is InChI=1S/C20H23N3O3S/c1-2-12-21-27(25,26)17-9-7-8-16(15-17)20(24)22-18-10-3-4-11-19(18)23-13-5-6-14-23/h2-4,7-11,15,21H,1,5-6,12-14H2,(H,22,24). The molecule has 0 saturated carbocycles. The number of amides is 1. The minimum Gasteiger partial charge on any atom is -0.370 e. The molecule has 7 heteroatoms. The van der Waals surface area contributed by atoms with Crippen LogP contribution in [0.25, 0.3) is 0 Å². The number of hydrogen-bond acceptors (Lipinski definition) is 4. The Bertz CT molecular complexity index is 935. The van der Waals surface area contributed by atoms with Crippen LogP contribution >= 0.6 is 0 Å². The van der Waals surface area contributed by atoms with Crippen LogP contribution in [0.5, 0.6) is 0 Å². The highest BCUT2D eigenvalue weighted by molar-refractivity contribution is 7.89. The molecule has 0 spiro atoms. The molecule has 3 rings (SSSR count). The topological polar surface area (TPSA) is 78.5 Å². The van der Waals surface area contributed by atoms with Crippen molar-refractivity contribution in [3.05, 3.63) is 66.7 Å². The second-order valence-electron chi connectivity index (χ2n) is 6.33. The van der Waals surface area contributed by atoms with Crippen LogP contribution in [-0.4, -0.2) is 34.0 Å². The van der Waals surface area contributed by atoms with Crippen molar-refractivity contribution in [3.63, 3.8) is 0 Å². The normalized spacial score (nSPS) is 14.1. The zero-order chi connectivity index (χ0) is 19.3. The first-order valence-electron chi connectivity index (χ1n) is 8.87.